The lowest BCUT2D eigenvalue weighted by Gasteiger charge is -2.24. The average molecular weight is 434 g/mol. The van der Waals surface area contributed by atoms with Gasteiger partial charge in [-0.3, -0.25) is 9.10 Å². The fourth-order valence-corrected chi connectivity index (χ4v) is 4.85. The quantitative estimate of drug-likeness (QED) is 0.693. The molecule has 0 aromatic heterocycles. The van der Waals surface area contributed by atoms with Crippen molar-refractivity contribution in [1.29, 1.82) is 0 Å². The van der Waals surface area contributed by atoms with Crippen LogP contribution < -0.4 is 9.73 Å². The van der Waals surface area contributed by atoms with E-state index in [0.29, 0.717) is 16.6 Å². The highest BCUT2D eigenvalue weighted by molar-refractivity contribution is 7.92. The largest absolute Gasteiger partial charge is 0.271 e. The van der Waals surface area contributed by atoms with Gasteiger partial charge in [-0.25, -0.2) is 13.8 Å². The summed E-state index contributed by atoms with van der Waals surface area (Å²) >= 11 is 5.94. The number of rotatable bonds is 6. The first-order valence-electron chi connectivity index (χ1n) is 9.56. The topological polar surface area (TPSA) is 78.8 Å². The first kappa shape index (κ1) is 21.3. The Morgan fingerprint density at radius 2 is 1.83 bits per heavy atom. The van der Waals surface area contributed by atoms with Gasteiger partial charge >= 0.3 is 0 Å². The van der Waals surface area contributed by atoms with Gasteiger partial charge in [0.15, 0.2) is 0 Å². The molecule has 3 rings (SSSR count). The third kappa shape index (κ3) is 5.36. The second kappa shape index (κ2) is 9.41. The van der Waals surface area contributed by atoms with Gasteiger partial charge in [0.05, 0.1) is 10.6 Å². The lowest BCUT2D eigenvalue weighted by atomic mass is 9.89. The molecule has 0 bridgehead atoms. The maximum Gasteiger partial charge on any atom is 0.264 e. The van der Waals surface area contributed by atoms with E-state index in [4.69, 9.17) is 11.6 Å². The van der Waals surface area contributed by atoms with Crippen LogP contribution in [0.25, 0.3) is 0 Å². The minimum Gasteiger partial charge on any atom is -0.271 e. The highest BCUT2D eigenvalue weighted by atomic mass is 35.5. The number of nitrogens with one attached hydrogen (secondary N) is 1. The molecule has 1 aliphatic carbocycles. The molecule has 0 radical (unpaired) electrons. The summed E-state index contributed by atoms with van der Waals surface area (Å²) in [5.41, 5.74) is 3.84. The molecular formula is C21H24ClN3O3S. The van der Waals surface area contributed by atoms with Crippen molar-refractivity contribution in [1.82, 2.24) is 5.43 Å². The number of hydrazone groups is 1. The van der Waals surface area contributed by atoms with Crippen molar-refractivity contribution in [3.05, 3.63) is 59.6 Å². The van der Waals surface area contributed by atoms with Crippen LogP contribution in [0.2, 0.25) is 5.02 Å². The third-order valence-corrected chi connectivity index (χ3v) is 6.99. The van der Waals surface area contributed by atoms with Crippen molar-refractivity contribution >= 4 is 38.9 Å². The minimum absolute atomic E-state index is 0.106. The summed E-state index contributed by atoms with van der Waals surface area (Å²) in [4.78, 5) is 12.7. The SMILES string of the molecule is C[C@H]1CCCC/C1=N/NC(=O)CN(c1ccc(Cl)cc1)S(=O)(=O)c1ccccc1. The van der Waals surface area contributed by atoms with Gasteiger partial charge in [-0.05, 0) is 61.6 Å². The summed E-state index contributed by atoms with van der Waals surface area (Å²) in [6.45, 7) is 1.70. The fraction of sp³-hybridized carbons (Fsp3) is 0.333. The van der Waals surface area contributed by atoms with Gasteiger partial charge in [-0.15, -0.1) is 0 Å². The van der Waals surface area contributed by atoms with E-state index in [1.807, 2.05) is 0 Å². The van der Waals surface area contributed by atoms with Crippen LogP contribution in [0, 0.1) is 5.92 Å². The number of sulfonamides is 1. The van der Waals surface area contributed by atoms with Gasteiger partial charge in [0.25, 0.3) is 15.9 Å². The lowest BCUT2D eigenvalue weighted by Crippen LogP contribution is -2.40. The summed E-state index contributed by atoms with van der Waals surface area (Å²) in [6, 6.07) is 14.3. The Labute approximate surface area is 176 Å². The van der Waals surface area contributed by atoms with Crippen molar-refractivity contribution in [2.24, 2.45) is 11.0 Å². The standard InChI is InChI=1S/C21H24ClN3O3S/c1-16-7-5-6-10-20(16)23-24-21(26)15-25(18-13-11-17(22)12-14-18)29(27,28)19-8-3-2-4-9-19/h2-4,8-9,11-14,16H,5-7,10,15H2,1H3,(H,24,26)/b23-20-/t16-/m0/s1. The van der Waals surface area contributed by atoms with Crippen LogP contribution in [0.15, 0.2) is 64.6 Å². The van der Waals surface area contributed by atoms with Gasteiger partial charge in [0.2, 0.25) is 0 Å². The van der Waals surface area contributed by atoms with Crippen LogP contribution in [0.3, 0.4) is 0 Å². The summed E-state index contributed by atoms with van der Waals surface area (Å²) < 4.78 is 27.4. The van der Waals surface area contributed by atoms with Crippen LogP contribution in [0.5, 0.6) is 0 Å². The number of carbonyl (C=O) groups excluding carboxylic acids is 1. The number of carbonyl (C=O) groups is 1. The number of nitrogens with zero attached hydrogens (tertiary/aromatic N) is 2. The molecule has 1 atom stereocenters. The molecule has 2 aromatic carbocycles. The Morgan fingerprint density at radius 3 is 2.48 bits per heavy atom. The van der Waals surface area contributed by atoms with E-state index in [0.717, 1.165) is 35.7 Å². The van der Waals surface area contributed by atoms with Gasteiger partial charge < -0.3 is 0 Å². The van der Waals surface area contributed by atoms with Crippen LogP contribution in [0.4, 0.5) is 5.69 Å². The highest BCUT2D eigenvalue weighted by Gasteiger charge is 2.27. The molecule has 6 nitrogen and oxygen atoms in total. The van der Waals surface area contributed by atoms with Gasteiger partial charge in [-0.1, -0.05) is 43.1 Å². The fourth-order valence-electron chi connectivity index (χ4n) is 3.28. The number of halogens is 1. The molecular weight excluding hydrogens is 410 g/mol. The van der Waals surface area contributed by atoms with Gasteiger partial charge in [0, 0.05) is 10.7 Å². The van der Waals surface area contributed by atoms with Crippen LogP contribution in [-0.4, -0.2) is 26.6 Å². The smallest absolute Gasteiger partial charge is 0.264 e. The molecule has 0 saturated heterocycles. The summed E-state index contributed by atoms with van der Waals surface area (Å²) in [6.07, 6.45) is 4.12. The zero-order valence-electron chi connectivity index (χ0n) is 16.2. The predicted molar refractivity (Wildman–Crippen MR) is 116 cm³/mol. The number of anilines is 1. The van der Waals surface area contributed by atoms with E-state index < -0.39 is 15.9 Å². The molecule has 1 aliphatic rings. The molecule has 1 fully saturated rings. The number of benzene rings is 2. The maximum absolute atomic E-state index is 13.2. The van der Waals surface area contributed by atoms with Crippen LogP contribution in [0.1, 0.15) is 32.6 Å². The first-order chi connectivity index (χ1) is 13.9. The summed E-state index contributed by atoms with van der Waals surface area (Å²) in [5, 5.41) is 4.73. The minimum atomic E-state index is -3.94. The maximum atomic E-state index is 13.2. The van der Waals surface area contributed by atoms with Crippen molar-refractivity contribution in [2.75, 3.05) is 10.8 Å². The zero-order chi connectivity index (χ0) is 20.9. The first-order valence-corrected chi connectivity index (χ1v) is 11.4. The van der Waals surface area contributed by atoms with E-state index in [2.05, 4.69) is 17.5 Å². The van der Waals surface area contributed by atoms with Crippen molar-refractivity contribution in [3.8, 4) is 0 Å². The van der Waals surface area contributed by atoms with E-state index in [1.165, 1.54) is 12.1 Å². The normalized spacial score (nSPS) is 18.4. The second-order valence-corrected chi connectivity index (χ2v) is 9.38. The van der Waals surface area contributed by atoms with E-state index in [9.17, 15) is 13.2 Å². The summed E-state index contributed by atoms with van der Waals surface area (Å²) in [7, 11) is -3.94. The third-order valence-electron chi connectivity index (χ3n) is 4.95. The van der Waals surface area contributed by atoms with Crippen molar-refractivity contribution < 1.29 is 13.2 Å². The second-order valence-electron chi connectivity index (χ2n) is 7.09. The Hall–Kier alpha value is -2.38. The lowest BCUT2D eigenvalue weighted by molar-refractivity contribution is -0.119. The van der Waals surface area contributed by atoms with E-state index in [1.54, 1.807) is 42.5 Å². The van der Waals surface area contributed by atoms with E-state index in [-0.39, 0.29) is 11.4 Å². The Kier molecular flexibility index (Phi) is 6.92. The monoisotopic (exact) mass is 433 g/mol. The van der Waals surface area contributed by atoms with Crippen LogP contribution in [-0.2, 0) is 14.8 Å². The molecule has 2 aromatic rings. The Bertz CT molecular complexity index is 976. The zero-order valence-corrected chi connectivity index (χ0v) is 17.8. The molecule has 154 valence electrons. The Morgan fingerprint density at radius 1 is 1.14 bits per heavy atom. The molecule has 1 N–H and O–H groups in total. The molecule has 0 heterocycles. The number of hydrogen-bond donors (Lipinski definition) is 1. The van der Waals surface area contributed by atoms with Crippen molar-refractivity contribution in [2.45, 2.75) is 37.5 Å². The molecule has 8 heteroatoms. The molecule has 1 amide bonds. The van der Waals surface area contributed by atoms with Crippen molar-refractivity contribution in [3.63, 3.8) is 0 Å². The van der Waals surface area contributed by atoms with Gasteiger partial charge in [-0.2, -0.15) is 5.10 Å². The number of amides is 1. The summed E-state index contributed by atoms with van der Waals surface area (Å²) in [5.74, 6) is -0.172. The van der Waals surface area contributed by atoms with Crippen LogP contribution >= 0.6 is 11.6 Å². The molecule has 0 unspecified atom stereocenters. The molecule has 1 saturated carbocycles. The van der Waals surface area contributed by atoms with Gasteiger partial charge in [0.1, 0.15) is 6.54 Å². The Balaban J connectivity index is 1.84. The average Bonchev–Trinajstić information content (AvgIpc) is 2.73. The molecule has 0 spiro atoms. The number of hydrogen-bond acceptors (Lipinski definition) is 4. The molecule has 29 heavy (non-hydrogen) atoms. The van der Waals surface area contributed by atoms with E-state index >= 15 is 0 Å². The highest BCUT2D eigenvalue weighted by Crippen LogP contribution is 2.25. The predicted octanol–water partition coefficient (Wildman–Crippen LogP) is 4.22. The molecule has 0 aliphatic heterocycles.